The van der Waals surface area contributed by atoms with E-state index < -0.39 is 6.03 Å². The number of hydrogen-bond donors (Lipinski definition) is 3. The van der Waals surface area contributed by atoms with Gasteiger partial charge in [-0.15, -0.1) is 0 Å². The predicted octanol–water partition coefficient (Wildman–Crippen LogP) is 5.43. The van der Waals surface area contributed by atoms with Gasteiger partial charge in [0.1, 0.15) is 11.6 Å². The van der Waals surface area contributed by atoms with E-state index >= 15 is 0 Å². The third-order valence-corrected chi connectivity index (χ3v) is 5.31. The van der Waals surface area contributed by atoms with Gasteiger partial charge in [0.05, 0.1) is 12.8 Å². The van der Waals surface area contributed by atoms with Crippen molar-refractivity contribution < 1.29 is 9.53 Å². The number of hydrogen-bond acceptors (Lipinski definition) is 6. The topological polar surface area (TPSA) is 91.4 Å². The second-order valence-corrected chi connectivity index (χ2v) is 7.95. The van der Waals surface area contributed by atoms with Crippen LogP contribution in [-0.4, -0.2) is 36.2 Å². The molecule has 8 nitrogen and oxygen atoms in total. The Morgan fingerprint density at radius 2 is 1.72 bits per heavy atom. The number of rotatable bonds is 6. The Hall–Kier alpha value is -3.52. The van der Waals surface area contributed by atoms with E-state index in [0.29, 0.717) is 28.1 Å². The van der Waals surface area contributed by atoms with E-state index in [1.54, 1.807) is 30.3 Å². The van der Waals surface area contributed by atoms with E-state index in [4.69, 9.17) is 16.3 Å². The Labute approximate surface area is 192 Å². The summed E-state index contributed by atoms with van der Waals surface area (Å²) in [5, 5.41) is 9.28. The zero-order valence-electron chi connectivity index (χ0n) is 18.0. The van der Waals surface area contributed by atoms with Crippen LogP contribution >= 0.6 is 11.6 Å². The lowest BCUT2D eigenvalue weighted by Gasteiger charge is -2.17. The second-order valence-electron chi connectivity index (χ2n) is 7.51. The van der Waals surface area contributed by atoms with Crippen molar-refractivity contribution in [3.05, 3.63) is 59.2 Å². The first-order chi connectivity index (χ1) is 15.5. The average Bonchev–Trinajstić information content (AvgIpc) is 3.30. The molecule has 2 aromatic carbocycles. The number of carbonyl (C=O) groups is 1. The van der Waals surface area contributed by atoms with E-state index in [2.05, 4.69) is 30.8 Å². The van der Waals surface area contributed by atoms with E-state index in [0.717, 1.165) is 30.3 Å². The summed E-state index contributed by atoms with van der Waals surface area (Å²) in [6.07, 6.45) is 2.38. The second kappa shape index (κ2) is 9.74. The van der Waals surface area contributed by atoms with Crippen molar-refractivity contribution in [3.8, 4) is 5.75 Å². The van der Waals surface area contributed by atoms with Crippen LogP contribution in [0.25, 0.3) is 0 Å². The van der Waals surface area contributed by atoms with Gasteiger partial charge in [-0.2, -0.15) is 4.98 Å². The molecular formula is C23H25ClN6O2. The number of benzene rings is 2. The summed E-state index contributed by atoms with van der Waals surface area (Å²) in [7, 11) is 1.53. The van der Waals surface area contributed by atoms with Crippen molar-refractivity contribution in [2.24, 2.45) is 0 Å². The lowest BCUT2D eigenvalue weighted by atomic mass is 10.2. The molecule has 0 bridgehead atoms. The zero-order valence-corrected chi connectivity index (χ0v) is 18.7. The van der Waals surface area contributed by atoms with Crippen molar-refractivity contribution in [2.75, 3.05) is 41.0 Å². The number of nitrogens with zero attached hydrogens (tertiary/aromatic N) is 3. The lowest BCUT2D eigenvalue weighted by Crippen LogP contribution is -2.20. The van der Waals surface area contributed by atoms with Gasteiger partial charge in [0.15, 0.2) is 0 Å². The first-order valence-corrected chi connectivity index (χ1v) is 10.8. The highest BCUT2D eigenvalue weighted by Gasteiger charge is 2.15. The van der Waals surface area contributed by atoms with Crippen LogP contribution in [0.15, 0.2) is 48.5 Å². The Morgan fingerprint density at radius 1 is 1.00 bits per heavy atom. The SMILES string of the molecule is COc1ccc(Cl)cc1NC(=O)Nc1ccc(Nc2nc(C)cc(N3CCCC3)n2)cc1. The molecule has 3 aromatic rings. The van der Waals surface area contributed by atoms with Crippen LogP contribution in [0.1, 0.15) is 18.5 Å². The third-order valence-electron chi connectivity index (χ3n) is 5.08. The molecule has 2 amide bonds. The number of urea groups is 1. The van der Waals surface area contributed by atoms with Crippen LogP contribution in [0.4, 0.5) is 33.6 Å². The monoisotopic (exact) mass is 452 g/mol. The molecule has 1 fully saturated rings. The molecule has 0 aliphatic carbocycles. The third kappa shape index (κ3) is 5.39. The van der Waals surface area contributed by atoms with Gasteiger partial charge in [0, 0.05) is 41.2 Å². The molecule has 1 aromatic heterocycles. The molecule has 0 saturated carbocycles. The molecule has 32 heavy (non-hydrogen) atoms. The summed E-state index contributed by atoms with van der Waals surface area (Å²) < 4.78 is 5.25. The molecule has 4 rings (SSSR count). The molecule has 0 unspecified atom stereocenters. The van der Waals surface area contributed by atoms with Crippen LogP contribution in [0, 0.1) is 6.92 Å². The maximum atomic E-state index is 12.4. The zero-order chi connectivity index (χ0) is 22.5. The highest BCUT2D eigenvalue weighted by atomic mass is 35.5. The standard InChI is InChI=1S/C23H25ClN6O2/c1-15-13-21(30-11-3-4-12-30)29-22(25-15)26-17-6-8-18(9-7-17)27-23(31)28-19-14-16(24)5-10-20(19)32-2/h5-10,13-14H,3-4,11-12H2,1-2H3,(H,25,26,29)(H2,27,28,31). The molecule has 9 heteroatoms. The fraction of sp³-hybridized carbons (Fsp3) is 0.261. The van der Waals surface area contributed by atoms with E-state index in [1.165, 1.54) is 20.0 Å². The van der Waals surface area contributed by atoms with Crippen LogP contribution in [0.3, 0.4) is 0 Å². The Morgan fingerprint density at radius 3 is 2.44 bits per heavy atom. The van der Waals surface area contributed by atoms with Crippen molar-refractivity contribution in [1.82, 2.24) is 9.97 Å². The van der Waals surface area contributed by atoms with Gasteiger partial charge in [0.25, 0.3) is 0 Å². The molecule has 166 valence electrons. The molecular weight excluding hydrogens is 428 g/mol. The summed E-state index contributed by atoms with van der Waals surface area (Å²) in [6, 6.07) is 13.9. The van der Waals surface area contributed by atoms with E-state index in [-0.39, 0.29) is 0 Å². The first-order valence-electron chi connectivity index (χ1n) is 10.4. The number of amides is 2. The van der Waals surface area contributed by atoms with Gasteiger partial charge >= 0.3 is 6.03 Å². The summed E-state index contributed by atoms with van der Waals surface area (Å²) in [4.78, 5) is 23.8. The van der Waals surface area contributed by atoms with Crippen LogP contribution in [0.2, 0.25) is 5.02 Å². The van der Waals surface area contributed by atoms with Gasteiger partial charge in [-0.1, -0.05) is 11.6 Å². The minimum atomic E-state index is -0.399. The molecule has 0 radical (unpaired) electrons. The number of methoxy groups -OCH3 is 1. The van der Waals surface area contributed by atoms with Crippen LogP contribution in [-0.2, 0) is 0 Å². The first kappa shape index (κ1) is 21.7. The fourth-order valence-corrected chi connectivity index (χ4v) is 3.72. The molecule has 0 spiro atoms. The Balaban J connectivity index is 1.39. The van der Waals surface area contributed by atoms with Gasteiger partial charge < -0.3 is 25.6 Å². The minimum Gasteiger partial charge on any atom is -0.495 e. The van der Waals surface area contributed by atoms with Crippen molar-refractivity contribution in [2.45, 2.75) is 19.8 Å². The number of ether oxygens (including phenoxy) is 1. The van der Waals surface area contributed by atoms with Crippen LogP contribution < -0.4 is 25.6 Å². The minimum absolute atomic E-state index is 0.399. The molecule has 1 saturated heterocycles. The number of nitrogens with one attached hydrogen (secondary N) is 3. The molecule has 1 aliphatic heterocycles. The lowest BCUT2D eigenvalue weighted by molar-refractivity contribution is 0.262. The van der Waals surface area contributed by atoms with Crippen molar-refractivity contribution in [1.29, 1.82) is 0 Å². The summed E-state index contributed by atoms with van der Waals surface area (Å²) in [5.41, 5.74) is 2.86. The highest BCUT2D eigenvalue weighted by molar-refractivity contribution is 6.31. The number of aryl methyl sites for hydroxylation is 1. The summed E-state index contributed by atoms with van der Waals surface area (Å²) in [5.74, 6) is 2.03. The largest absolute Gasteiger partial charge is 0.495 e. The van der Waals surface area contributed by atoms with Gasteiger partial charge in [-0.3, -0.25) is 0 Å². The maximum Gasteiger partial charge on any atom is 0.323 e. The Kier molecular flexibility index (Phi) is 6.61. The van der Waals surface area contributed by atoms with E-state index in [1.807, 2.05) is 25.1 Å². The average molecular weight is 453 g/mol. The smallest absolute Gasteiger partial charge is 0.323 e. The van der Waals surface area contributed by atoms with Gasteiger partial charge in [-0.25, -0.2) is 9.78 Å². The molecule has 0 atom stereocenters. The normalized spacial score (nSPS) is 13.0. The summed E-state index contributed by atoms with van der Waals surface area (Å²) >= 11 is 6.01. The summed E-state index contributed by atoms with van der Waals surface area (Å²) in [6.45, 7) is 4.02. The predicted molar refractivity (Wildman–Crippen MR) is 129 cm³/mol. The molecule has 2 heterocycles. The molecule has 3 N–H and O–H groups in total. The van der Waals surface area contributed by atoms with Gasteiger partial charge in [-0.05, 0) is 62.2 Å². The Bertz CT molecular complexity index is 1100. The number of carbonyl (C=O) groups excluding carboxylic acids is 1. The highest BCUT2D eigenvalue weighted by Crippen LogP contribution is 2.28. The quantitative estimate of drug-likeness (QED) is 0.461. The number of anilines is 5. The maximum absolute atomic E-state index is 12.4. The number of halogens is 1. The molecule has 1 aliphatic rings. The fourth-order valence-electron chi connectivity index (χ4n) is 3.54. The van der Waals surface area contributed by atoms with Crippen LogP contribution in [0.5, 0.6) is 5.75 Å². The van der Waals surface area contributed by atoms with Crippen molar-refractivity contribution >= 4 is 46.5 Å². The van der Waals surface area contributed by atoms with Gasteiger partial charge in [0.2, 0.25) is 5.95 Å². The number of aromatic nitrogens is 2. The van der Waals surface area contributed by atoms with Crippen molar-refractivity contribution in [3.63, 3.8) is 0 Å². The van der Waals surface area contributed by atoms with E-state index in [9.17, 15) is 4.79 Å².